The molecular weight excluding hydrogens is 879 g/mol. The average molecular weight is 956 g/mol. The molecule has 3 aliphatic heterocycles. The van der Waals surface area contributed by atoms with Gasteiger partial charge in [0.05, 0.1) is 65.4 Å². The predicted octanol–water partition coefficient (Wildman–Crippen LogP) is 3.85. The van der Waals surface area contributed by atoms with Crippen LogP contribution in [0.4, 0.5) is 0 Å². The Morgan fingerprint density at radius 3 is 2.35 bits per heavy atom. The van der Waals surface area contributed by atoms with E-state index in [0.717, 1.165) is 16.7 Å². The fourth-order valence-electron chi connectivity index (χ4n) is 11.2. The second-order valence-electron chi connectivity index (χ2n) is 20.7. The lowest BCUT2D eigenvalue weighted by Gasteiger charge is -2.51. The first kappa shape index (κ1) is 53.7. The molecule has 0 amide bonds. The Labute approximate surface area is 400 Å². The molecule has 18 heteroatoms. The van der Waals surface area contributed by atoms with E-state index in [9.17, 15) is 35.1 Å². The quantitative estimate of drug-likeness (QED) is 0.162. The number of carbonyl (C=O) groups excluding carboxylic acids is 2. The number of pyridine rings is 1. The lowest BCUT2D eigenvalue weighted by atomic mass is 9.67. The van der Waals surface area contributed by atoms with Gasteiger partial charge in [-0.1, -0.05) is 45.9 Å². The summed E-state index contributed by atoms with van der Waals surface area (Å²) in [4.78, 5) is 35.0. The van der Waals surface area contributed by atoms with E-state index in [-0.39, 0.29) is 19.3 Å². The van der Waals surface area contributed by atoms with E-state index >= 15 is 0 Å². The van der Waals surface area contributed by atoms with Gasteiger partial charge in [-0.3, -0.25) is 19.5 Å². The van der Waals surface area contributed by atoms with Crippen molar-refractivity contribution in [3.8, 4) is 5.75 Å². The fourth-order valence-corrected chi connectivity index (χ4v) is 11.2. The summed E-state index contributed by atoms with van der Waals surface area (Å²) in [6.45, 7) is 17.8. The van der Waals surface area contributed by atoms with Gasteiger partial charge in [0, 0.05) is 61.7 Å². The Kier molecular flexibility index (Phi) is 17.2. The van der Waals surface area contributed by atoms with Crippen molar-refractivity contribution in [3.05, 3.63) is 48.4 Å². The SMILES string of the molecule is CC[C@H]1OC(=O)[C@H](C)[C@@H](C2C[C@@](C)(OC)[C@@H](O)[C@H](C)O2)[C@H](C)[C@@H](O[C@@H]2O[C@H](C)C[C@H](N(C)Cc3cn(CCOc4cccc5ncccc45)nn3)[C@H]2O)[C@](C)(O)C[C@@H](C)C(=O)[C@H](C)[C@@H](O)[C@]1(C)O. The summed E-state index contributed by atoms with van der Waals surface area (Å²) in [5.74, 6) is -4.93. The lowest BCUT2D eigenvalue weighted by Crippen LogP contribution is -2.62. The van der Waals surface area contributed by atoms with Crippen molar-refractivity contribution in [1.82, 2.24) is 24.9 Å². The van der Waals surface area contributed by atoms with Gasteiger partial charge < -0.3 is 54.0 Å². The van der Waals surface area contributed by atoms with E-state index in [2.05, 4.69) is 15.3 Å². The van der Waals surface area contributed by atoms with Crippen LogP contribution in [0.3, 0.4) is 0 Å². The van der Waals surface area contributed by atoms with E-state index in [1.54, 1.807) is 52.4 Å². The minimum Gasteiger partial charge on any atom is -0.491 e. The number of aliphatic hydroxyl groups is 5. The average Bonchev–Trinajstić information content (AvgIpc) is 3.74. The van der Waals surface area contributed by atoms with Gasteiger partial charge >= 0.3 is 5.97 Å². The summed E-state index contributed by atoms with van der Waals surface area (Å²) in [6.07, 6.45) is -5.36. The summed E-state index contributed by atoms with van der Waals surface area (Å²) >= 11 is 0. The Morgan fingerprint density at radius 2 is 1.66 bits per heavy atom. The summed E-state index contributed by atoms with van der Waals surface area (Å²) in [5, 5.41) is 69.2. The molecule has 3 aromatic rings. The number of esters is 1. The number of Topliss-reactive ketones (excluding diaryl/α,β-unsaturated/α-hetero) is 1. The zero-order valence-electron chi connectivity index (χ0n) is 41.9. The van der Waals surface area contributed by atoms with Crippen LogP contribution in [-0.4, -0.2) is 161 Å². The van der Waals surface area contributed by atoms with Crippen LogP contribution >= 0.6 is 0 Å². The van der Waals surface area contributed by atoms with E-state index in [1.165, 1.54) is 21.0 Å². The van der Waals surface area contributed by atoms with Crippen molar-refractivity contribution in [3.63, 3.8) is 0 Å². The van der Waals surface area contributed by atoms with Crippen molar-refractivity contribution in [1.29, 1.82) is 0 Å². The molecular formula is C50H77N5O13. The monoisotopic (exact) mass is 956 g/mol. The molecule has 5 heterocycles. The van der Waals surface area contributed by atoms with E-state index < -0.39 is 119 Å². The van der Waals surface area contributed by atoms with Gasteiger partial charge in [0.25, 0.3) is 0 Å². The summed E-state index contributed by atoms with van der Waals surface area (Å²) < 4.78 is 39.6. The van der Waals surface area contributed by atoms with E-state index in [1.807, 2.05) is 62.3 Å². The highest BCUT2D eigenvalue weighted by Crippen LogP contribution is 2.45. The number of benzene rings is 1. The van der Waals surface area contributed by atoms with Crippen LogP contribution in [0, 0.1) is 29.6 Å². The highest BCUT2D eigenvalue weighted by Gasteiger charge is 2.55. The van der Waals surface area contributed by atoms with Gasteiger partial charge in [-0.05, 0) is 91.1 Å². The van der Waals surface area contributed by atoms with Gasteiger partial charge in [0.15, 0.2) is 6.29 Å². The maximum absolute atomic E-state index is 14.5. The number of aromatic nitrogens is 4. The zero-order valence-corrected chi connectivity index (χ0v) is 41.9. The molecule has 0 aliphatic carbocycles. The molecule has 0 spiro atoms. The third-order valence-electron chi connectivity index (χ3n) is 15.3. The Balaban J connectivity index is 1.28. The second kappa shape index (κ2) is 21.7. The topological polar surface area (TPSA) is 238 Å². The fraction of sp³-hybridized carbons (Fsp3) is 0.740. The molecule has 18 atom stereocenters. The minimum absolute atomic E-state index is 0.132. The molecule has 380 valence electrons. The number of nitrogens with zero attached hydrogens (tertiary/aromatic N) is 5. The third kappa shape index (κ3) is 11.4. The highest BCUT2D eigenvalue weighted by molar-refractivity contribution is 5.85. The van der Waals surface area contributed by atoms with Crippen LogP contribution < -0.4 is 4.74 Å². The van der Waals surface area contributed by atoms with E-state index in [4.69, 9.17) is 28.4 Å². The highest BCUT2D eigenvalue weighted by atomic mass is 16.7. The van der Waals surface area contributed by atoms with Crippen molar-refractivity contribution in [2.24, 2.45) is 29.6 Å². The minimum atomic E-state index is -2.01. The molecule has 3 aliphatic rings. The molecule has 0 saturated carbocycles. The van der Waals surface area contributed by atoms with Crippen LogP contribution in [0.25, 0.3) is 10.9 Å². The standard InChI is InChI=1S/C50H77N5O13/c1-13-39-50(10,62)43(58)31(6)41(56)27(2)23-48(8,61)45(29(4)40(30(5)46(60)67-39)38-24-49(9,63-12)44(59)32(7)66-38)68-47-42(57)36(22-28(3)65-47)54(11)25-33-26-55(53-52-33)20-21-64-37-18-14-17-35-34(37)16-15-19-51-35/h14-19,26-32,36,38-40,42-45,47,57-59,61-62H,13,20-25H2,1-12H3/t27-,28-,29+,30-,31+,32+,36+,38?,39-,40+,42-,43-,44+,45-,47+,48-,49-,50-/m1/s1. The molecule has 5 N–H and O–H groups in total. The summed E-state index contributed by atoms with van der Waals surface area (Å²) in [7, 11) is 3.37. The van der Waals surface area contributed by atoms with Crippen LogP contribution in [0.1, 0.15) is 101 Å². The molecule has 2 aromatic heterocycles. The van der Waals surface area contributed by atoms with Crippen molar-refractivity contribution < 1.29 is 63.5 Å². The number of cyclic esters (lactones) is 1. The number of hydrogen-bond acceptors (Lipinski definition) is 17. The Hall–Kier alpha value is -3.69. The lowest BCUT2D eigenvalue weighted by molar-refractivity contribution is -0.303. The van der Waals surface area contributed by atoms with Crippen molar-refractivity contribution in [2.45, 2.75) is 186 Å². The Morgan fingerprint density at radius 1 is 0.941 bits per heavy atom. The number of carbonyl (C=O) groups is 2. The number of ketones is 1. The predicted molar refractivity (Wildman–Crippen MR) is 250 cm³/mol. The van der Waals surface area contributed by atoms with Gasteiger partial charge in [-0.2, -0.15) is 0 Å². The molecule has 3 saturated heterocycles. The van der Waals surface area contributed by atoms with Crippen molar-refractivity contribution >= 4 is 22.7 Å². The molecule has 1 unspecified atom stereocenters. The number of hydrogen-bond donors (Lipinski definition) is 5. The first-order chi connectivity index (χ1) is 31.9. The molecule has 6 rings (SSSR count). The first-order valence-electron chi connectivity index (χ1n) is 24.2. The normalized spacial score (nSPS) is 40.2. The molecule has 68 heavy (non-hydrogen) atoms. The van der Waals surface area contributed by atoms with Gasteiger partial charge in [-0.25, -0.2) is 4.68 Å². The maximum Gasteiger partial charge on any atom is 0.309 e. The first-order valence-corrected chi connectivity index (χ1v) is 24.2. The van der Waals surface area contributed by atoms with E-state index in [0.29, 0.717) is 31.8 Å². The Bertz CT molecular complexity index is 2150. The second-order valence-corrected chi connectivity index (χ2v) is 20.7. The number of aliphatic hydroxyl groups excluding tert-OH is 3. The number of ether oxygens (including phenoxy) is 6. The van der Waals surface area contributed by atoms with Gasteiger partial charge in [0.1, 0.15) is 42.1 Å². The molecule has 18 nitrogen and oxygen atoms in total. The molecule has 3 fully saturated rings. The number of fused-ring (bicyclic) bond motifs is 1. The van der Waals surface area contributed by atoms with Gasteiger partial charge in [-0.15, -0.1) is 5.10 Å². The zero-order chi connectivity index (χ0) is 50.0. The molecule has 0 bridgehead atoms. The molecule has 1 aromatic carbocycles. The summed E-state index contributed by atoms with van der Waals surface area (Å²) in [5.41, 5.74) is -3.43. The maximum atomic E-state index is 14.5. The van der Waals surface area contributed by atoms with Gasteiger partial charge in [0.2, 0.25) is 0 Å². The number of rotatable bonds is 12. The van der Waals surface area contributed by atoms with Crippen LogP contribution in [0.15, 0.2) is 42.7 Å². The number of methoxy groups -OCH3 is 1. The molecule has 0 radical (unpaired) electrons. The number of likely N-dealkylation sites (N-methyl/N-ethyl adjacent to an activating group) is 1. The summed E-state index contributed by atoms with van der Waals surface area (Å²) in [6, 6.07) is 9.07. The smallest absolute Gasteiger partial charge is 0.309 e. The third-order valence-corrected chi connectivity index (χ3v) is 15.3. The van der Waals surface area contributed by atoms with Crippen LogP contribution in [-0.2, 0) is 46.4 Å². The van der Waals surface area contributed by atoms with Crippen LogP contribution in [0.5, 0.6) is 5.75 Å². The van der Waals surface area contributed by atoms with Crippen molar-refractivity contribution in [2.75, 3.05) is 20.8 Å². The van der Waals surface area contributed by atoms with Crippen LogP contribution in [0.2, 0.25) is 0 Å². The largest absolute Gasteiger partial charge is 0.491 e.